The van der Waals surface area contributed by atoms with Crippen LogP contribution in [0.3, 0.4) is 0 Å². The van der Waals surface area contributed by atoms with Crippen molar-refractivity contribution in [2.75, 3.05) is 12.4 Å². The average molecular weight is 368 g/mol. The van der Waals surface area contributed by atoms with Gasteiger partial charge < -0.3 is 10.1 Å². The SMILES string of the molecule is COC(=O)[C@H](Cc1ccccc1)N[C@@H](C(=O)Nc1ccc(C)cc1)C(C)C. The van der Waals surface area contributed by atoms with Gasteiger partial charge in [-0.15, -0.1) is 0 Å². The van der Waals surface area contributed by atoms with Crippen molar-refractivity contribution >= 4 is 17.6 Å². The zero-order valence-corrected chi connectivity index (χ0v) is 16.4. The maximum absolute atomic E-state index is 12.8. The minimum Gasteiger partial charge on any atom is -0.468 e. The molecule has 0 aromatic heterocycles. The molecule has 0 saturated heterocycles. The fraction of sp³-hybridized carbons (Fsp3) is 0.364. The molecule has 0 aliphatic rings. The van der Waals surface area contributed by atoms with Crippen LogP contribution in [0.4, 0.5) is 5.69 Å². The first-order valence-corrected chi connectivity index (χ1v) is 9.16. The number of esters is 1. The molecule has 2 N–H and O–H groups in total. The van der Waals surface area contributed by atoms with E-state index in [1.165, 1.54) is 7.11 Å². The Kier molecular flexibility index (Phi) is 7.55. The quantitative estimate of drug-likeness (QED) is 0.702. The lowest BCUT2D eigenvalue weighted by Crippen LogP contribution is -2.52. The minimum atomic E-state index is -0.603. The van der Waals surface area contributed by atoms with Crippen LogP contribution in [0.25, 0.3) is 0 Å². The number of benzene rings is 2. The highest BCUT2D eigenvalue weighted by Crippen LogP contribution is 2.13. The molecule has 0 heterocycles. The molecule has 0 bridgehead atoms. The summed E-state index contributed by atoms with van der Waals surface area (Å²) >= 11 is 0. The van der Waals surface area contributed by atoms with Crippen LogP contribution in [-0.4, -0.2) is 31.1 Å². The van der Waals surface area contributed by atoms with Gasteiger partial charge in [-0.05, 0) is 37.0 Å². The van der Waals surface area contributed by atoms with Gasteiger partial charge in [0.15, 0.2) is 0 Å². The molecule has 2 aromatic carbocycles. The Morgan fingerprint density at radius 2 is 1.63 bits per heavy atom. The lowest BCUT2D eigenvalue weighted by atomic mass is 9.99. The Hall–Kier alpha value is -2.66. The summed E-state index contributed by atoms with van der Waals surface area (Å²) in [6.07, 6.45) is 0.453. The molecule has 0 radical (unpaired) electrons. The maximum atomic E-state index is 12.8. The Labute approximate surface area is 161 Å². The van der Waals surface area contributed by atoms with Crippen LogP contribution in [0.5, 0.6) is 0 Å². The summed E-state index contributed by atoms with van der Waals surface area (Å²) in [5.74, 6) is -0.554. The van der Waals surface area contributed by atoms with Gasteiger partial charge in [-0.3, -0.25) is 14.9 Å². The normalized spacial score (nSPS) is 13.1. The van der Waals surface area contributed by atoms with Crippen molar-refractivity contribution in [3.8, 4) is 0 Å². The van der Waals surface area contributed by atoms with Gasteiger partial charge in [0.25, 0.3) is 0 Å². The number of ether oxygens (including phenoxy) is 1. The van der Waals surface area contributed by atoms with E-state index in [1.54, 1.807) is 0 Å². The second-order valence-electron chi connectivity index (χ2n) is 7.01. The van der Waals surface area contributed by atoms with Crippen molar-refractivity contribution in [2.24, 2.45) is 5.92 Å². The molecule has 0 fully saturated rings. The number of hydrogen-bond donors (Lipinski definition) is 2. The number of anilines is 1. The van der Waals surface area contributed by atoms with Crippen molar-refractivity contribution in [3.05, 3.63) is 65.7 Å². The third-order valence-electron chi connectivity index (χ3n) is 4.42. The fourth-order valence-electron chi connectivity index (χ4n) is 2.85. The Balaban J connectivity index is 2.13. The monoisotopic (exact) mass is 368 g/mol. The van der Waals surface area contributed by atoms with Crippen molar-refractivity contribution in [3.63, 3.8) is 0 Å². The van der Waals surface area contributed by atoms with Crippen LogP contribution in [0, 0.1) is 12.8 Å². The minimum absolute atomic E-state index is 0.00150. The topological polar surface area (TPSA) is 67.4 Å². The highest BCUT2D eigenvalue weighted by atomic mass is 16.5. The third kappa shape index (κ3) is 6.22. The first kappa shape index (κ1) is 20.6. The first-order valence-electron chi connectivity index (χ1n) is 9.16. The number of hydrogen-bond acceptors (Lipinski definition) is 4. The summed E-state index contributed by atoms with van der Waals surface area (Å²) in [5.41, 5.74) is 2.86. The van der Waals surface area contributed by atoms with Crippen LogP contribution in [-0.2, 0) is 20.7 Å². The van der Waals surface area contributed by atoms with Gasteiger partial charge in [-0.25, -0.2) is 0 Å². The summed E-state index contributed by atoms with van der Waals surface area (Å²) in [5, 5.41) is 6.12. The molecule has 0 aliphatic carbocycles. The van der Waals surface area contributed by atoms with E-state index in [1.807, 2.05) is 75.4 Å². The highest BCUT2D eigenvalue weighted by molar-refractivity contribution is 5.95. The standard InChI is InChI=1S/C22H28N2O3/c1-15(2)20(21(25)23-18-12-10-16(3)11-13-18)24-19(22(26)27-4)14-17-8-6-5-7-9-17/h5-13,15,19-20,24H,14H2,1-4H3,(H,23,25)/t19-,20+/m0/s1. The molecule has 144 valence electrons. The van der Waals surface area contributed by atoms with Crippen molar-refractivity contribution in [1.29, 1.82) is 0 Å². The Bertz CT molecular complexity index is 742. The molecule has 5 heteroatoms. The van der Waals surface area contributed by atoms with E-state index >= 15 is 0 Å². The summed E-state index contributed by atoms with van der Waals surface area (Å²) in [4.78, 5) is 25.1. The molecule has 2 rings (SSSR count). The van der Waals surface area contributed by atoms with E-state index in [0.29, 0.717) is 6.42 Å². The lowest BCUT2D eigenvalue weighted by molar-refractivity contribution is -0.143. The summed E-state index contributed by atoms with van der Waals surface area (Å²) < 4.78 is 4.94. The van der Waals surface area contributed by atoms with Gasteiger partial charge in [0.1, 0.15) is 6.04 Å². The summed E-state index contributed by atoms with van der Waals surface area (Å²) in [7, 11) is 1.36. The van der Waals surface area contributed by atoms with Crippen LogP contribution in [0.15, 0.2) is 54.6 Å². The number of methoxy groups -OCH3 is 1. The molecular weight excluding hydrogens is 340 g/mol. The molecular formula is C22H28N2O3. The predicted molar refractivity (Wildman–Crippen MR) is 108 cm³/mol. The zero-order chi connectivity index (χ0) is 19.8. The number of amides is 1. The number of nitrogens with one attached hydrogen (secondary N) is 2. The second-order valence-corrected chi connectivity index (χ2v) is 7.01. The van der Waals surface area contributed by atoms with E-state index < -0.39 is 12.1 Å². The number of carbonyl (C=O) groups is 2. The van der Waals surface area contributed by atoms with E-state index in [2.05, 4.69) is 10.6 Å². The molecule has 2 aromatic rings. The van der Waals surface area contributed by atoms with Crippen LogP contribution >= 0.6 is 0 Å². The highest BCUT2D eigenvalue weighted by Gasteiger charge is 2.29. The van der Waals surface area contributed by atoms with Gasteiger partial charge >= 0.3 is 5.97 Å². The van der Waals surface area contributed by atoms with E-state index in [9.17, 15) is 9.59 Å². The molecule has 0 unspecified atom stereocenters. The van der Waals surface area contributed by atoms with Crippen LogP contribution < -0.4 is 10.6 Å². The van der Waals surface area contributed by atoms with Gasteiger partial charge in [0.05, 0.1) is 13.2 Å². The first-order chi connectivity index (χ1) is 12.9. The summed E-state index contributed by atoms with van der Waals surface area (Å²) in [6.45, 7) is 5.89. The molecule has 5 nitrogen and oxygen atoms in total. The molecule has 1 amide bonds. The Morgan fingerprint density at radius 3 is 2.19 bits per heavy atom. The van der Waals surface area contributed by atoms with Crippen LogP contribution in [0.1, 0.15) is 25.0 Å². The Morgan fingerprint density at radius 1 is 1.00 bits per heavy atom. The number of carbonyl (C=O) groups excluding carboxylic acids is 2. The van der Waals surface area contributed by atoms with Crippen molar-refractivity contribution < 1.29 is 14.3 Å². The van der Waals surface area contributed by atoms with Gasteiger partial charge in [0.2, 0.25) is 5.91 Å². The maximum Gasteiger partial charge on any atom is 0.323 e. The van der Waals surface area contributed by atoms with Gasteiger partial charge in [0, 0.05) is 5.69 Å². The smallest absolute Gasteiger partial charge is 0.323 e. The number of rotatable bonds is 8. The van der Waals surface area contributed by atoms with Crippen LogP contribution in [0.2, 0.25) is 0 Å². The fourth-order valence-corrected chi connectivity index (χ4v) is 2.85. The van der Waals surface area contributed by atoms with E-state index in [0.717, 1.165) is 16.8 Å². The largest absolute Gasteiger partial charge is 0.468 e. The zero-order valence-electron chi connectivity index (χ0n) is 16.4. The second kappa shape index (κ2) is 9.88. The molecule has 27 heavy (non-hydrogen) atoms. The number of aryl methyl sites for hydroxylation is 1. The van der Waals surface area contributed by atoms with Crippen molar-refractivity contribution in [1.82, 2.24) is 5.32 Å². The molecule has 0 saturated carbocycles. The molecule has 0 aliphatic heterocycles. The van der Waals surface area contributed by atoms with Gasteiger partial charge in [-0.2, -0.15) is 0 Å². The lowest BCUT2D eigenvalue weighted by Gasteiger charge is -2.26. The third-order valence-corrected chi connectivity index (χ3v) is 4.42. The van der Waals surface area contributed by atoms with E-state index in [4.69, 9.17) is 4.74 Å². The average Bonchev–Trinajstić information content (AvgIpc) is 2.66. The summed E-state index contributed by atoms with van der Waals surface area (Å²) in [6, 6.07) is 16.2. The van der Waals surface area contributed by atoms with Crippen molar-refractivity contribution in [2.45, 2.75) is 39.3 Å². The predicted octanol–water partition coefficient (Wildman–Crippen LogP) is 3.33. The van der Waals surface area contributed by atoms with Gasteiger partial charge in [-0.1, -0.05) is 61.9 Å². The molecule has 2 atom stereocenters. The van der Waals surface area contributed by atoms with E-state index in [-0.39, 0.29) is 17.8 Å². The molecule has 0 spiro atoms.